The van der Waals surface area contributed by atoms with E-state index in [-0.39, 0.29) is 41.3 Å². The standard InChI is InChI=1S/C23H26N4O5S3/c1-5-12-27-18(14-35(30,31)17-10-8-7-9-11-17)25-26-23(27)33-13-19(28)24-21-20(22(29)32-6-2)15(3)16(4)34-21/h5,7-11H,1,6,12-14H2,2-4H3,(H,24,28). The molecule has 186 valence electrons. The summed E-state index contributed by atoms with van der Waals surface area (Å²) in [5.74, 6) is -0.910. The van der Waals surface area contributed by atoms with Crippen LogP contribution in [0, 0.1) is 13.8 Å². The number of esters is 1. The Morgan fingerprint density at radius 1 is 1.23 bits per heavy atom. The molecule has 3 rings (SSSR count). The zero-order chi connectivity index (χ0) is 25.6. The van der Waals surface area contributed by atoms with Crippen molar-refractivity contribution in [1.82, 2.24) is 14.8 Å². The summed E-state index contributed by atoms with van der Waals surface area (Å²) in [6.07, 6.45) is 1.61. The van der Waals surface area contributed by atoms with Crippen LogP contribution in [0.25, 0.3) is 0 Å². The molecule has 1 N–H and O–H groups in total. The lowest BCUT2D eigenvalue weighted by molar-refractivity contribution is -0.113. The van der Waals surface area contributed by atoms with Gasteiger partial charge in [-0.05, 0) is 38.5 Å². The first-order chi connectivity index (χ1) is 16.7. The van der Waals surface area contributed by atoms with E-state index in [0.29, 0.717) is 15.7 Å². The zero-order valence-corrected chi connectivity index (χ0v) is 22.1. The average molecular weight is 535 g/mol. The molecule has 0 bridgehead atoms. The van der Waals surface area contributed by atoms with Gasteiger partial charge < -0.3 is 14.6 Å². The van der Waals surface area contributed by atoms with Crippen molar-refractivity contribution in [2.45, 2.75) is 43.1 Å². The zero-order valence-electron chi connectivity index (χ0n) is 19.6. The Kier molecular flexibility index (Phi) is 8.87. The van der Waals surface area contributed by atoms with Crippen LogP contribution in [0.2, 0.25) is 0 Å². The monoisotopic (exact) mass is 534 g/mol. The summed E-state index contributed by atoms with van der Waals surface area (Å²) in [5, 5.41) is 11.8. The van der Waals surface area contributed by atoms with Gasteiger partial charge in [-0.25, -0.2) is 13.2 Å². The van der Waals surface area contributed by atoms with E-state index in [1.807, 2.05) is 13.8 Å². The van der Waals surface area contributed by atoms with Crippen LogP contribution in [0.15, 0.2) is 53.0 Å². The fourth-order valence-electron chi connectivity index (χ4n) is 3.18. The lowest BCUT2D eigenvalue weighted by Gasteiger charge is -2.09. The first-order valence-corrected chi connectivity index (χ1v) is 14.1. The van der Waals surface area contributed by atoms with Gasteiger partial charge in [-0.2, -0.15) is 0 Å². The topological polar surface area (TPSA) is 120 Å². The fraction of sp³-hybridized carbons (Fsp3) is 0.304. The van der Waals surface area contributed by atoms with E-state index in [1.54, 1.807) is 35.8 Å². The van der Waals surface area contributed by atoms with Crippen LogP contribution in [-0.2, 0) is 31.7 Å². The fourth-order valence-corrected chi connectivity index (χ4v) is 6.31. The van der Waals surface area contributed by atoms with Crippen LogP contribution in [-0.4, -0.2) is 47.4 Å². The average Bonchev–Trinajstić information content (AvgIpc) is 3.32. The Morgan fingerprint density at radius 2 is 1.94 bits per heavy atom. The van der Waals surface area contributed by atoms with E-state index in [0.717, 1.165) is 22.2 Å². The van der Waals surface area contributed by atoms with Gasteiger partial charge in [0.15, 0.2) is 15.0 Å². The predicted molar refractivity (Wildman–Crippen MR) is 137 cm³/mol. The lowest BCUT2D eigenvalue weighted by Crippen LogP contribution is -2.17. The number of thioether (sulfide) groups is 1. The van der Waals surface area contributed by atoms with Crippen LogP contribution in [0.3, 0.4) is 0 Å². The number of ether oxygens (including phenoxy) is 1. The minimum atomic E-state index is -3.62. The molecule has 0 aliphatic carbocycles. The summed E-state index contributed by atoms with van der Waals surface area (Å²) < 4.78 is 32.3. The maximum atomic E-state index is 12.8. The molecule has 0 atom stereocenters. The van der Waals surface area contributed by atoms with Gasteiger partial charge in [0.25, 0.3) is 0 Å². The molecular weight excluding hydrogens is 508 g/mol. The van der Waals surface area contributed by atoms with Crippen molar-refractivity contribution in [1.29, 1.82) is 0 Å². The molecule has 0 unspecified atom stereocenters. The van der Waals surface area contributed by atoms with Crippen molar-refractivity contribution in [3.05, 3.63) is 64.8 Å². The van der Waals surface area contributed by atoms with E-state index in [1.165, 1.54) is 23.5 Å². The highest BCUT2D eigenvalue weighted by atomic mass is 32.2. The molecule has 0 radical (unpaired) electrons. The van der Waals surface area contributed by atoms with E-state index in [2.05, 4.69) is 22.1 Å². The number of carbonyl (C=O) groups is 2. The van der Waals surface area contributed by atoms with Crippen molar-refractivity contribution in [2.24, 2.45) is 0 Å². The maximum Gasteiger partial charge on any atom is 0.341 e. The van der Waals surface area contributed by atoms with Crippen LogP contribution in [0.1, 0.15) is 33.5 Å². The summed E-state index contributed by atoms with van der Waals surface area (Å²) in [7, 11) is -3.62. The molecule has 9 nitrogen and oxygen atoms in total. The van der Waals surface area contributed by atoms with Crippen molar-refractivity contribution in [3.63, 3.8) is 0 Å². The molecule has 35 heavy (non-hydrogen) atoms. The van der Waals surface area contributed by atoms with E-state index in [9.17, 15) is 18.0 Å². The second-order valence-electron chi connectivity index (χ2n) is 7.41. The number of nitrogens with one attached hydrogen (secondary N) is 1. The van der Waals surface area contributed by atoms with Crippen LogP contribution in [0.5, 0.6) is 0 Å². The Morgan fingerprint density at radius 3 is 2.60 bits per heavy atom. The number of nitrogens with zero attached hydrogens (tertiary/aromatic N) is 3. The van der Waals surface area contributed by atoms with Gasteiger partial charge in [-0.3, -0.25) is 4.79 Å². The molecule has 0 saturated heterocycles. The first kappa shape index (κ1) is 26.6. The Labute approximate surface area is 212 Å². The number of aryl methyl sites for hydroxylation is 1. The smallest absolute Gasteiger partial charge is 0.341 e. The lowest BCUT2D eigenvalue weighted by atomic mass is 10.1. The highest BCUT2D eigenvalue weighted by Gasteiger charge is 2.24. The number of sulfone groups is 1. The number of benzene rings is 1. The third kappa shape index (κ3) is 6.38. The number of anilines is 1. The molecule has 0 saturated carbocycles. The third-order valence-corrected chi connectivity index (χ3v) is 8.69. The number of thiophene rings is 1. The van der Waals surface area contributed by atoms with Gasteiger partial charge in [0.2, 0.25) is 5.91 Å². The number of carbonyl (C=O) groups excluding carboxylic acids is 2. The highest BCUT2D eigenvalue weighted by Crippen LogP contribution is 2.33. The largest absolute Gasteiger partial charge is 0.462 e. The van der Waals surface area contributed by atoms with Crippen molar-refractivity contribution < 1.29 is 22.7 Å². The Hall–Kier alpha value is -2.96. The van der Waals surface area contributed by atoms with Crippen molar-refractivity contribution in [3.8, 4) is 0 Å². The molecule has 0 aliphatic heterocycles. The van der Waals surface area contributed by atoms with E-state index >= 15 is 0 Å². The molecule has 2 heterocycles. The van der Waals surface area contributed by atoms with E-state index in [4.69, 9.17) is 4.74 Å². The second kappa shape index (κ2) is 11.6. The normalized spacial score (nSPS) is 11.3. The molecule has 1 aromatic carbocycles. The molecule has 1 amide bonds. The van der Waals surface area contributed by atoms with Crippen LogP contribution >= 0.6 is 23.1 Å². The number of hydrogen-bond donors (Lipinski definition) is 1. The minimum Gasteiger partial charge on any atom is -0.462 e. The summed E-state index contributed by atoms with van der Waals surface area (Å²) >= 11 is 2.43. The molecule has 0 aliphatic rings. The van der Waals surface area contributed by atoms with Gasteiger partial charge in [0, 0.05) is 11.4 Å². The van der Waals surface area contributed by atoms with Crippen LogP contribution < -0.4 is 5.32 Å². The Bertz CT molecular complexity index is 1330. The van der Waals surface area contributed by atoms with Gasteiger partial charge in [-0.15, -0.1) is 28.1 Å². The summed E-state index contributed by atoms with van der Waals surface area (Å²) in [6, 6.07) is 8.12. The number of amides is 1. The van der Waals surface area contributed by atoms with Gasteiger partial charge in [0.05, 0.1) is 22.8 Å². The predicted octanol–water partition coefficient (Wildman–Crippen LogP) is 4.02. The molecule has 12 heteroatoms. The van der Waals surface area contributed by atoms with Gasteiger partial charge >= 0.3 is 5.97 Å². The highest BCUT2D eigenvalue weighted by molar-refractivity contribution is 7.99. The molecule has 2 aromatic heterocycles. The van der Waals surface area contributed by atoms with Crippen molar-refractivity contribution in [2.75, 3.05) is 17.7 Å². The number of allylic oxidation sites excluding steroid dienone is 1. The minimum absolute atomic E-state index is 0.0149. The first-order valence-electron chi connectivity index (χ1n) is 10.7. The number of aromatic nitrogens is 3. The van der Waals surface area contributed by atoms with Crippen LogP contribution in [0.4, 0.5) is 5.00 Å². The third-order valence-electron chi connectivity index (χ3n) is 4.98. The number of rotatable bonds is 11. The van der Waals surface area contributed by atoms with Gasteiger partial charge in [-0.1, -0.05) is 36.0 Å². The number of hydrogen-bond acceptors (Lipinski definition) is 9. The molecule has 0 fully saturated rings. The summed E-state index contributed by atoms with van der Waals surface area (Å²) in [6.45, 7) is 9.64. The Balaban J connectivity index is 1.73. The van der Waals surface area contributed by atoms with Gasteiger partial charge in [0.1, 0.15) is 16.6 Å². The quantitative estimate of drug-likeness (QED) is 0.222. The SMILES string of the molecule is C=CCn1c(CS(=O)(=O)c2ccccc2)nnc1SCC(=O)Nc1sc(C)c(C)c1C(=O)OCC. The second-order valence-corrected chi connectivity index (χ2v) is 11.6. The summed E-state index contributed by atoms with van der Waals surface area (Å²) in [4.78, 5) is 26.1. The molecule has 0 spiro atoms. The molecular formula is C23H26N4O5S3. The summed E-state index contributed by atoms with van der Waals surface area (Å²) in [5.41, 5.74) is 1.13. The van der Waals surface area contributed by atoms with Crippen molar-refractivity contribution >= 4 is 49.8 Å². The maximum absolute atomic E-state index is 12.8. The van der Waals surface area contributed by atoms with E-state index < -0.39 is 15.8 Å². The molecule has 3 aromatic rings.